The molecule has 0 aromatic heterocycles. The van der Waals surface area contributed by atoms with Gasteiger partial charge in [-0.1, -0.05) is 13.3 Å². The zero-order valence-corrected chi connectivity index (χ0v) is 11.2. The number of carbonyl (C=O) groups is 1. The van der Waals surface area contributed by atoms with Gasteiger partial charge in [0.1, 0.15) is 5.82 Å². The van der Waals surface area contributed by atoms with Gasteiger partial charge in [-0.3, -0.25) is 9.63 Å². The molecule has 2 rings (SSSR count). The van der Waals surface area contributed by atoms with Crippen molar-refractivity contribution in [1.29, 1.82) is 0 Å². The van der Waals surface area contributed by atoms with Gasteiger partial charge in [0, 0.05) is 6.07 Å². The third kappa shape index (κ3) is 3.12. The normalized spacial score (nSPS) is 18.3. The van der Waals surface area contributed by atoms with Crippen molar-refractivity contribution in [2.75, 3.05) is 6.61 Å². The lowest BCUT2D eigenvalue weighted by atomic mass is 9.96. The highest BCUT2D eigenvalue weighted by Gasteiger charge is 2.37. The Kier molecular flexibility index (Phi) is 4.65. The van der Waals surface area contributed by atoms with Crippen LogP contribution < -0.4 is 0 Å². The maximum absolute atomic E-state index is 13.5. The lowest BCUT2D eigenvalue weighted by Gasteiger charge is -2.39. The molecule has 0 spiro atoms. The molecule has 20 heavy (non-hydrogen) atoms. The van der Waals surface area contributed by atoms with Crippen molar-refractivity contribution in [1.82, 2.24) is 5.06 Å². The lowest BCUT2D eigenvalue weighted by molar-refractivity contribution is -0.227. The molecule has 1 saturated heterocycles. The van der Waals surface area contributed by atoms with E-state index in [0.29, 0.717) is 12.7 Å². The summed E-state index contributed by atoms with van der Waals surface area (Å²) in [5.74, 6) is -3.29. The molecule has 1 aliphatic heterocycles. The first-order valence-electron chi connectivity index (χ1n) is 6.61. The van der Waals surface area contributed by atoms with Crippen LogP contribution in [0.1, 0.15) is 31.7 Å². The molecule has 1 aromatic rings. The largest absolute Gasteiger partial charge is 0.272 e. The van der Waals surface area contributed by atoms with Crippen LogP contribution in [0, 0.1) is 17.5 Å². The fraction of sp³-hybridized carbons (Fsp3) is 0.500. The Bertz CT molecular complexity index is 507. The summed E-state index contributed by atoms with van der Waals surface area (Å²) in [4.78, 5) is 16.7. The summed E-state index contributed by atoms with van der Waals surface area (Å²) in [5.41, 5.74) is 0.0468. The standard InChI is InChI=1S/C14H16F3NO2/c1-2-3-4-20-18-10(7-14(18)19)5-9-6-12(16)13(17)8-11(9)15/h6,8,10H,2-5,7H2,1H3/t10-/m1/s1. The molecule has 6 heteroatoms. The number of hydrogen-bond donors (Lipinski definition) is 0. The van der Waals surface area contributed by atoms with Gasteiger partial charge in [0.2, 0.25) is 5.91 Å². The molecule has 1 aromatic carbocycles. The summed E-state index contributed by atoms with van der Waals surface area (Å²) in [6.07, 6.45) is 2.09. The summed E-state index contributed by atoms with van der Waals surface area (Å²) in [6.45, 7) is 2.41. The van der Waals surface area contributed by atoms with Gasteiger partial charge in [-0.25, -0.2) is 18.2 Å². The summed E-state index contributed by atoms with van der Waals surface area (Å²) < 4.78 is 39.5. The molecule has 1 aliphatic rings. The highest BCUT2D eigenvalue weighted by Crippen LogP contribution is 2.25. The van der Waals surface area contributed by atoms with Crippen LogP contribution in [-0.2, 0) is 16.1 Å². The molecule has 0 radical (unpaired) electrons. The van der Waals surface area contributed by atoms with Gasteiger partial charge in [0.05, 0.1) is 19.1 Å². The Morgan fingerprint density at radius 1 is 1.25 bits per heavy atom. The Morgan fingerprint density at radius 3 is 2.60 bits per heavy atom. The average Bonchev–Trinajstić information content (AvgIpc) is 2.40. The number of halogens is 3. The summed E-state index contributed by atoms with van der Waals surface area (Å²) in [7, 11) is 0. The maximum atomic E-state index is 13.5. The van der Waals surface area contributed by atoms with Crippen molar-refractivity contribution in [3.05, 3.63) is 35.1 Å². The van der Waals surface area contributed by atoms with E-state index in [2.05, 4.69) is 0 Å². The van der Waals surface area contributed by atoms with E-state index < -0.39 is 17.5 Å². The number of carbonyl (C=O) groups excluding carboxylic acids is 1. The van der Waals surface area contributed by atoms with Gasteiger partial charge >= 0.3 is 0 Å². The molecule has 1 heterocycles. The first kappa shape index (κ1) is 14.8. The number of unbranched alkanes of at least 4 members (excludes halogenated alkanes) is 1. The fourth-order valence-electron chi connectivity index (χ4n) is 2.08. The molecule has 0 bridgehead atoms. The topological polar surface area (TPSA) is 29.5 Å². The van der Waals surface area contributed by atoms with Crippen molar-refractivity contribution in [2.24, 2.45) is 0 Å². The van der Waals surface area contributed by atoms with Crippen LogP contribution in [-0.4, -0.2) is 23.6 Å². The second-order valence-electron chi connectivity index (χ2n) is 4.83. The number of β-lactam (4-membered cyclic amide) rings is 1. The van der Waals surface area contributed by atoms with E-state index in [0.717, 1.165) is 18.9 Å². The maximum Gasteiger partial charge on any atom is 0.248 e. The van der Waals surface area contributed by atoms with E-state index in [1.807, 2.05) is 6.92 Å². The van der Waals surface area contributed by atoms with Crippen molar-refractivity contribution in [3.8, 4) is 0 Å². The van der Waals surface area contributed by atoms with Crippen LogP contribution in [0.3, 0.4) is 0 Å². The molecule has 110 valence electrons. The molecule has 0 N–H and O–H groups in total. The van der Waals surface area contributed by atoms with Gasteiger partial charge in [0.25, 0.3) is 0 Å². The van der Waals surface area contributed by atoms with Crippen LogP contribution in [0.2, 0.25) is 0 Å². The summed E-state index contributed by atoms with van der Waals surface area (Å²) in [6, 6.07) is 1.03. The molecule has 1 amide bonds. The average molecular weight is 287 g/mol. The minimum absolute atomic E-state index is 0.0468. The number of benzene rings is 1. The van der Waals surface area contributed by atoms with Gasteiger partial charge in [-0.2, -0.15) is 0 Å². The molecular formula is C14H16F3NO2. The number of nitrogens with zero attached hydrogens (tertiary/aromatic N) is 1. The van der Waals surface area contributed by atoms with Gasteiger partial charge < -0.3 is 0 Å². The predicted octanol–water partition coefficient (Wildman–Crippen LogP) is 2.98. The number of amides is 1. The van der Waals surface area contributed by atoms with Crippen LogP contribution in [0.5, 0.6) is 0 Å². The van der Waals surface area contributed by atoms with E-state index in [1.165, 1.54) is 5.06 Å². The van der Waals surface area contributed by atoms with Crippen LogP contribution in [0.25, 0.3) is 0 Å². The third-order valence-corrected chi connectivity index (χ3v) is 3.26. The Balaban J connectivity index is 1.99. The number of hydroxylamine groups is 2. The third-order valence-electron chi connectivity index (χ3n) is 3.26. The lowest BCUT2D eigenvalue weighted by Crippen LogP contribution is -2.53. The first-order chi connectivity index (χ1) is 9.52. The van der Waals surface area contributed by atoms with Gasteiger partial charge in [0.15, 0.2) is 11.6 Å². The number of rotatable bonds is 6. The minimum Gasteiger partial charge on any atom is -0.272 e. The molecule has 1 fully saturated rings. The minimum atomic E-state index is -1.22. The van der Waals surface area contributed by atoms with Gasteiger partial charge in [-0.15, -0.1) is 0 Å². The SMILES string of the molecule is CCCCON1C(=O)C[C@H]1Cc1cc(F)c(F)cc1F. The van der Waals surface area contributed by atoms with Crippen LogP contribution in [0.15, 0.2) is 12.1 Å². The summed E-state index contributed by atoms with van der Waals surface area (Å²) >= 11 is 0. The second-order valence-corrected chi connectivity index (χ2v) is 4.83. The van der Waals surface area contributed by atoms with Crippen molar-refractivity contribution in [3.63, 3.8) is 0 Å². The van der Waals surface area contributed by atoms with Crippen LogP contribution in [0.4, 0.5) is 13.2 Å². The predicted molar refractivity (Wildman–Crippen MR) is 66.1 cm³/mol. The second kappa shape index (κ2) is 6.26. The van der Waals surface area contributed by atoms with Crippen molar-refractivity contribution < 1.29 is 22.8 Å². The molecular weight excluding hydrogens is 271 g/mol. The quantitative estimate of drug-likeness (QED) is 0.457. The van der Waals surface area contributed by atoms with E-state index in [1.54, 1.807) is 0 Å². The Morgan fingerprint density at radius 2 is 1.95 bits per heavy atom. The molecule has 1 atom stereocenters. The highest BCUT2D eigenvalue weighted by atomic mass is 19.2. The van der Waals surface area contributed by atoms with E-state index in [-0.39, 0.29) is 30.4 Å². The monoisotopic (exact) mass is 287 g/mol. The Hall–Kier alpha value is -1.56. The smallest absolute Gasteiger partial charge is 0.248 e. The molecule has 0 saturated carbocycles. The Labute approximate surface area is 115 Å². The number of hydrogen-bond acceptors (Lipinski definition) is 2. The van der Waals surface area contributed by atoms with Crippen molar-refractivity contribution in [2.45, 2.75) is 38.6 Å². The fourth-order valence-corrected chi connectivity index (χ4v) is 2.08. The van der Waals surface area contributed by atoms with E-state index in [4.69, 9.17) is 4.84 Å². The van der Waals surface area contributed by atoms with Crippen LogP contribution >= 0.6 is 0 Å². The zero-order valence-electron chi connectivity index (χ0n) is 11.2. The van der Waals surface area contributed by atoms with Crippen molar-refractivity contribution >= 4 is 5.91 Å². The summed E-state index contributed by atoms with van der Waals surface area (Å²) in [5, 5.41) is 1.20. The highest BCUT2D eigenvalue weighted by molar-refractivity contribution is 5.82. The van der Waals surface area contributed by atoms with Gasteiger partial charge in [-0.05, 0) is 24.5 Å². The zero-order chi connectivity index (χ0) is 14.7. The molecule has 0 aliphatic carbocycles. The molecule has 0 unspecified atom stereocenters. The van der Waals surface area contributed by atoms with E-state index in [9.17, 15) is 18.0 Å². The molecule has 3 nitrogen and oxygen atoms in total. The first-order valence-corrected chi connectivity index (χ1v) is 6.61. The van der Waals surface area contributed by atoms with E-state index >= 15 is 0 Å².